The van der Waals surface area contributed by atoms with Crippen molar-refractivity contribution in [2.75, 3.05) is 0 Å². The van der Waals surface area contributed by atoms with Gasteiger partial charge in [0.05, 0.1) is 27.3 Å². The van der Waals surface area contributed by atoms with E-state index in [1.165, 1.54) is 26.6 Å². The molecule has 5 rings (SSSR count). The molecule has 0 fully saturated rings. The van der Waals surface area contributed by atoms with Gasteiger partial charge in [0.15, 0.2) is 0 Å². The summed E-state index contributed by atoms with van der Waals surface area (Å²) in [5.41, 5.74) is 7.57. The molecule has 0 aliphatic rings. The molecule has 0 spiro atoms. The fraction of sp³-hybridized carbons (Fsp3) is 0.276. The third-order valence-electron chi connectivity index (χ3n) is 6.01. The second kappa shape index (κ2) is 8.35. The highest BCUT2D eigenvalue weighted by molar-refractivity contribution is 7.17. The van der Waals surface area contributed by atoms with Gasteiger partial charge in [0.25, 0.3) is 0 Å². The van der Waals surface area contributed by atoms with Crippen LogP contribution >= 0.6 is 11.3 Å². The lowest BCUT2D eigenvalue weighted by Gasteiger charge is -2.22. The summed E-state index contributed by atoms with van der Waals surface area (Å²) in [6.07, 6.45) is 2.70. The van der Waals surface area contributed by atoms with Crippen LogP contribution in [-0.4, -0.2) is 15.0 Å². The Morgan fingerprint density at radius 2 is 1.67 bits per heavy atom. The molecule has 3 aromatic heterocycles. The molecule has 0 N–H and O–H groups in total. The quantitative estimate of drug-likeness (QED) is 0.277. The Morgan fingerprint density at radius 1 is 0.879 bits per heavy atom. The van der Waals surface area contributed by atoms with Gasteiger partial charge in [-0.2, -0.15) is 0 Å². The molecule has 0 amide bonds. The molecule has 0 aliphatic heterocycles. The molecule has 0 atom stereocenters. The third-order valence-corrected chi connectivity index (χ3v) is 6.99. The van der Waals surface area contributed by atoms with E-state index in [9.17, 15) is 0 Å². The summed E-state index contributed by atoms with van der Waals surface area (Å²) in [5.74, 6) is 0.583. The molecule has 0 radical (unpaired) electrons. The molecule has 33 heavy (non-hydrogen) atoms. The molecule has 0 aliphatic carbocycles. The molecule has 0 bridgehead atoms. The average Bonchev–Trinajstić information content (AvgIpc) is 3.26. The topological polar surface area (TPSA) is 38.7 Å². The Morgan fingerprint density at radius 3 is 2.45 bits per heavy atom. The van der Waals surface area contributed by atoms with Crippen LogP contribution in [0.4, 0.5) is 0 Å². The minimum atomic E-state index is 0.0305. The van der Waals surface area contributed by atoms with Crippen molar-refractivity contribution < 1.29 is 0 Å². The van der Waals surface area contributed by atoms with Crippen LogP contribution in [0.1, 0.15) is 45.7 Å². The first-order valence-electron chi connectivity index (χ1n) is 11.5. The SMILES string of the molecule is CC(C)Cc1cc(-c2cc(-c3cc(C(C)(C)C)c4ccccc4c3)ncn2)nc2ccsc12. The molecular formula is C29H29N3S. The Bertz CT molecular complexity index is 1460. The fourth-order valence-electron chi connectivity index (χ4n) is 4.48. The molecule has 0 saturated heterocycles. The number of rotatable bonds is 4. The lowest BCUT2D eigenvalue weighted by molar-refractivity contribution is 0.596. The van der Waals surface area contributed by atoms with Crippen LogP contribution in [-0.2, 0) is 11.8 Å². The van der Waals surface area contributed by atoms with Gasteiger partial charge in [-0.25, -0.2) is 15.0 Å². The van der Waals surface area contributed by atoms with E-state index in [-0.39, 0.29) is 5.41 Å². The number of pyridine rings is 1. The van der Waals surface area contributed by atoms with Gasteiger partial charge in [-0.05, 0) is 75.4 Å². The molecule has 0 unspecified atom stereocenters. The number of hydrogen-bond donors (Lipinski definition) is 0. The zero-order chi connectivity index (χ0) is 23.2. The predicted octanol–water partition coefficient (Wildman–Crippen LogP) is 8.07. The average molecular weight is 452 g/mol. The Balaban J connectivity index is 1.65. The van der Waals surface area contributed by atoms with E-state index in [1.807, 2.05) is 0 Å². The maximum atomic E-state index is 4.94. The summed E-state index contributed by atoms with van der Waals surface area (Å²) in [6, 6.07) is 19.5. The van der Waals surface area contributed by atoms with E-state index >= 15 is 0 Å². The highest BCUT2D eigenvalue weighted by Crippen LogP contribution is 2.35. The molecule has 0 saturated carbocycles. The van der Waals surface area contributed by atoms with Crippen molar-refractivity contribution in [1.82, 2.24) is 15.0 Å². The third kappa shape index (κ3) is 4.28. The number of fused-ring (bicyclic) bond motifs is 2. The zero-order valence-corrected chi connectivity index (χ0v) is 20.7. The second-order valence-electron chi connectivity index (χ2n) is 10.2. The van der Waals surface area contributed by atoms with Gasteiger partial charge in [0, 0.05) is 5.56 Å². The van der Waals surface area contributed by atoms with Gasteiger partial charge in [-0.15, -0.1) is 11.3 Å². The van der Waals surface area contributed by atoms with E-state index in [4.69, 9.17) is 4.98 Å². The first-order valence-corrected chi connectivity index (χ1v) is 12.4. The van der Waals surface area contributed by atoms with Crippen molar-refractivity contribution in [2.45, 2.75) is 46.5 Å². The summed E-state index contributed by atoms with van der Waals surface area (Å²) < 4.78 is 1.28. The van der Waals surface area contributed by atoms with E-state index in [0.29, 0.717) is 5.92 Å². The Kier molecular flexibility index (Phi) is 5.49. The van der Waals surface area contributed by atoms with Gasteiger partial charge in [0.2, 0.25) is 0 Å². The molecule has 3 nitrogen and oxygen atoms in total. The van der Waals surface area contributed by atoms with Crippen molar-refractivity contribution in [1.29, 1.82) is 0 Å². The van der Waals surface area contributed by atoms with Gasteiger partial charge >= 0.3 is 0 Å². The fourth-order valence-corrected chi connectivity index (χ4v) is 5.34. The minimum Gasteiger partial charge on any atom is -0.245 e. The lowest BCUT2D eigenvalue weighted by atomic mass is 9.82. The molecule has 2 aromatic carbocycles. The van der Waals surface area contributed by atoms with Crippen LogP contribution in [0, 0.1) is 5.92 Å². The normalized spacial score (nSPS) is 12.2. The van der Waals surface area contributed by atoms with E-state index < -0.39 is 0 Å². The van der Waals surface area contributed by atoms with Gasteiger partial charge in [-0.1, -0.05) is 58.9 Å². The summed E-state index contributed by atoms with van der Waals surface area (Å²) in [7, 11) is 0. The smallest absolute Gasteiger partial charge is 0.116 e. The van der Waals surface area contributed by atoms with Crippen LogP contribution in [0.3, 0.4) is 0 Å². The first-order chi connectivity index (χ1) is 15.8. The molecule has 3 heterocycles. The summed E-state index contributed by atoms with van der Waals surface area (Å²) in [4.78, 5) is 14.2. The van der Waals surface area contributed by atoms with Crippen molar-refractivity contribution in [2.24, 2.45) is 5.92 Å². The van der Waals surface area contributed by atoms with Crippen molar-refractivity contribution in [3.05, 3.63) is 77.4 Å². The van der Waals surface area contributed by atoms with Crippen LogP contribution in [0.15, 0.2) is 66.3 Å². The molecular weight excluding hydrogens is 422 g/mol. The summed E-state index contributed by atoms with van der Waals surface area (Å²) >= 11 is 1.77. The van der Waals surface area contributed by atoms with E-state index in [1.54, 1.807) is 17.7 Å². The molecule has 166 valence electrons. The summed E-state index contributed by atoms with van der Waals surface area (Å²) in [5, 5.41) is 4.66. The van der Waals surface area contributed by atoms with Crippen LogP contribution in [0.5, 0.6) is 0 Å². The van der Waals surface area contributed by atoms with Gasteiger partial charge in [0.1, 0.15) is 6.33 Å². The highest BCUT2D eigenvalue weighted by Gasteiger charge is 2.19. The number of benzene rings is 2. The number of thiophene rings is 1. The maximum absolute atomic E-state index is 4.94. The standard InChI is InChI=1S/C29H29N3S/c1-18(2)12-21-15-27(32-24-10-11-33-28(21)24)26-16-25(30-17-31-26)20-13-19-8-6-7-9-22(19)23(14-20)29(3,4)5/h6-11,13-18H,12H2,1-5H3. The second-order valence-corrected chi connectivity index (χ2v) is 11.1. The van der Waals surface area contributed by atoms with Crippen LogP contribution in [0.2, 0.25) is 0 Å². The number of hydrogen-bond acceptors (Lipinski definition) is 4. The maximum Gasteiger partial charge on any atom is 0.116 e. The molecule has 4 heteroatoms. The zero-order valence-electron chi connectivity index (χ0n) is 19.9. The Labute approximate surface area is 199 Å². The largest absolute Gasteiger partial charge is 0.245 e. The lowest BCUT2D eigenvalue weighted by Crippen LogP contribution is -2.12. The monoisotopic (exact) mass is 451 g/mol. The predicted molar refractivity (Wildman–Crippen MR) is 141 cm³/mol. The highest BCUT2D eigenvalue weighted by atomic mass is 32.1. The van der Waals surface area contributed by atoms with E-state index in [0.717, 1.165) is 34.6 Å². The van der Waals surface area contributed by atoms with Gasteiger partial charge in [-0.3, -0.25) is 0 Å². The van der Waals surface area contributed by atoms with Crippen LogP contribution < -0.4 is 0 Å². The van der Waals surface area contributed by atoms with Crippen molar-refractivity contribution in [3.8, 4) is 22.6 Å². The van der Waals surface area contributed by atoms with Crippen molar-refractivity contribution in [3.63, 3.8) is 0 Å². The number of aromatic nitrogens is 3. The number of nitrogens with zero attached hydrogens (tertiary/aromatic N) is 3. The van der Waals surface area contributed by atoms with Gasteiger partial charge < -0.3 is 0 Å². The first kappa shape index (κ1) is 21.7. The Hall–Kier alpha value is -3.11. The van der Waals surface area contributed by atoms with Crippen molar-refractivity contribution >= 4 is 32.3 Å². The van der Waals surface area contributed by atoms with E-state index in [2.05, 4.69) is 105 Å². The minimum absolute atomic E-state index is 0.0305. The molecule has 5 aromatic rings. The summed E-state index contributed by atoms with van der Waals surface area (Å²) in [6.45, 7) is 11.3. The van der Waals surface area contributed by atoms with Crippen LogP contribution in [0.25, 0.3) is 43.6 Å².